The molecule has 0 bridgehead atoms. The molecule has 0 aliphatic rings. The molecule has 1 aromatic heterocycles. The van der Waals surface area contributed by atoms with Crippen LogP contribution in [0, 0.1) is 19.3 Å². The Balaban J connectivity index is 1.88. The molecule has 1 atom stereocenters. The van der Waals surface area contributed by atoms with Gasteiger partial charge in [0.15, 0.2) is 11.9 Å². The van der Waals surface area contributed by atoms with E-state index in [0.29, 0.717) is 16.8 Å². The molecule has 0 aliphatic heterocycles. The van der Waals surface area contributed by atoms with Gasteiger partial charge < -0.3 is 10.1 Å². The lowest BCUT2D eigenvalue weighted by molar-refractivity contribution is -0.146. The van der Waals surface area contributed by atoms with E-state index in [2.05, 4.69) is 5.32 Å². The molecule has 166 valence electrons. The van der Waals surface area contributed by atoms with Gasteiger partial charge in [0, 0.05) is 38.4 Å². The van der Waals surface area contributed by atoms with Gasteiger partial charge in [0.1, 0.15) is 0 Å². The van der Waals surface area contributed by atoms with E-state index in [1.165, 1.54) is 6.92 Å². The first-order chi connectivity index (χ1) is 14.4. The molecule has 1 heterocycles. The van der Waals surface area contributed by atoms with Crippen LogP contribution >= 0.6 is 11.3 Å². The maximum Gasteiger partial charge on any atom is 0.306 e. The SMILES string of the molecule is Cc1cc(C(=O)CCC(=O)OC(C)C(=O)c2ccc(NC(=O)C(C)(C)C)cc2)c(C)s1. The lowest BCUT2D eigenvalue weighted by Gasteiger charge is -2.18. The van der Waals surface area contributed by atoms with Gasteiger partial charge in [-0.1, -0.05) is 20.8 Å². The van der Waals surface area contributed by atoms with E-state index in [-0.39, 0.29) is 30.3 Å². The number of nitrogens with one attached hydrogen (secondary N) is 1. The van der Waals surface area contributed by atoms with Crippen molar-refractivity contribution in [2.75, 3.05) is 5.32 Å². The highest BCUT2D eigenvalue weighted by molar-refractivity contribution is 7.12. The molecule has 0 fully saturated rings. The highest BCUT2D eigenvalue weighted by atomic mass is 32.1. The van der Waals surface area contributed by atoms with Crippen molar-refractivity contribution in [2.24, 2.45) is 5.41 Å². The van der Waals surface area contributed by atoms with Crippen LogP contribution in [0.5, 0.6) is 0 Å². The summed E-state index contributed by atoms with van der Waals surface area (Å²) in [6.07, 6.45) is -1.01. The molecule has 2 aromatic rings. The van der Waals surface area contributed by atoms with Gasteiger partial charge in [-0.3, -0.25) is 19.2 Å². The minimum Gasteiger partial charge on any atom is -0.454 e. The zero-order valence-corrected chi connectivity index (χ0v) is 19.6. The summed E-state index contributed by atoms with van der Waals surface area (Å²) in [6, 6.07) is 8.25. The summed E-state index contributed by atoms with van der Waals surface area (Å²) in [4.78, 5) is 51.0. The van der Waals surface area contributed by atoms with Crippen molar-refractivity contribution < 1.29 is 23.9 Å². The van der Waals surface area contributed by atoms with Gasteiger partial charge in [-0.05, 0) is 51.1 Å². The zero-order valence-electron chi connectivity index (χ0n) is 18.8. The van der Waals surface area contributed by atoms with Crippen molar-refractivity contribution in [3.8, 4) is 0 Å². The molecular weight excluding hydrogens is 414 g/mol. The Bertz CT molecular complexity index is 982. The first kappa shape index (κ1) is 24.5. The second kappa shape index (κ2) is 10.0. The average molecular weight is 444 g/mol. The molecule has 1 N–H and O–H groups in total. The van der Waals surface area contributed by atoms with Gasteiger partial charge in [-0.25, -0.2) is 0 Å². The number of Topliss-reactive ketones (excluding diaryl/α,β-unsaturated/α-hetero) is 2. The number of esters is 1. The lowest BCUT2D eigenvalue weighted by atomic mass is 9.95. The van der Waals surface area contributed by atoms with Crippen LogP contribution in [0.15, 0.2) is 30.3 Å². The number of hydrogen-bond donors (Lipinski definition) is 1. The van der Waals surface area contributed by atoms with Crippen LogP contribution in [0.2, 0.25) is 0 Å². The molecule has 2 rings (SSSR count). The third-order valence-corrected chi connectivity index (χ3v) is 5.65. The summed E-state index contributed by atoms with van der Waals surface area (Å²) in [5, 5.41) is 2.79. The van der Waals surface area contributed by atoms with Crippen LogP contribution in [-0.4, -0.2) is 29.5 Å². The van der Waals surface area contributed by atoms with Crippen molar-refractivity contribution in [3.05, 3.63) is 51.2 Å². The van der Waals surface area contributed by atoms with Gasteiger partial charge in [0.05, 0.1) is 6.42 Å². The number of thiophene rings is 1. The number of carbonyl (C=O) groups is 4. The Kier molecular flexibility index (Phi) is 7.90. The molecule has 31 heavy (non-hydrogen) atoms. The smallest absolute Gasteiger partial charge is 0.306 e. The summed E-state index contributed by atoms with van der Waals surface area (Å²) in [5.74, 6) is -1.17. The van der Waals surface area contributed by atoms with Gasteiger partial charge in [0.25, 0.3) is 0 Å². The number of aryl methyl sites for hydroxylation is 2. The molecule has 0 radical (unpaired) electrons. The molecule has 7 heteroatoms. The average Bonchev–Trinajstić information content (AvgIpc) is 3.03. The first-order valence-corrected chi connectivity index (χ1v) is 11.0. The Morgan fingerprint density at radius 1 is 1.03 bits per heavy atom. The molecule has 0 saturated heterocycles. The summed E-state index contributed by atoms with van der Waals surface area (Å²) >= 11 is 1.54. The van der Waals surface area contributed by atoms with E-state index in [1.807, 2.05) is 40.7 Å². The number of amides is 1. The van der Waals surface area contributed by atoms with Crippen molar-refractivity contribution in [1.82, 2.24) is 0 Å². The molecule has 1 amide bonds. The van der Waals surface area contributed by atoms with Crippen LogP contribution in [0.1, 0.15) is 71.0 Å². The van der Waals surface area contributed by atoms with Crippen molar-refractivity contribution in [1.29, 1.82) is 0 Å². The van der Waals surface area contributed by atoms with Crippen molar-refractivity contribution in [3.63, 3.8) is 0 Å². The first-order valence-electron chi connectivity index (χ1n) is 10.1. The fourth-order valence-corrected chi connectivity index (χ4v) is 3.78. The third-order valence-electron chi connectivity index (χ3n) is 4.68. The molecule has 0 saturated carbocycles. The fraction of sp³-hybridized carbons (Fsp3) is 0.417. The maximum atomic E-state index is 12.5. The van der Waals surface area contributed by atoms with E-state index in [9.17, 15) is 19.2 Å². The predicted molar refractivity (Wildman–Crippen MR) is 122 cm³/mol. The number of carbonyl (C=O) groups excluding carboxylic acids is 4. The van der Waals surface area contributed by atoms with Crippen LogP contribution in [0.25, 0.3) is 0 Å². The van der Waals surface area contributed by atoms with Gasteiger partial charge >= 0.3 is 5.97 Å². The van der Waals surface area contributed by atoms with Crippen molar-refractivity contribution in [2.45, 2.75) is 60.5 Å². The highest BCUT2D eigenvalue weighted by Crippen LogP contribution is 2.22. The summed E-state index contributed by atoms with van der Waals surface area (Å²) in [6.45, 7) is 10.7. The van der Waals surface area contributed by atoms with Crippen LogP contribution < -0.4 is 5.32 Å². The minimum atomic E-state index is -0.970. The van der Waals surface area contributed by atoms with E-state index >= 15 is 0 Å². The predicted octanol–water partition coefficient (Wildman–Crippen LogP) is 5.13. The van der Waals surface area contributed by atoms with E-state index in [1.54, 1.807) is 35.6 Å². The molecule has 1 unspecified atom stereocenters. The topological polar surface area (TPSA) is 89.5 Å². The third kappa shape index (κ3) is 6.85. The fourth-order valence-electron chi connectivity index (χ4n) is 2.84. The Labute approximate surface area is 187 Å². The van der Waals surface area contributed by atoms with Crippen molar-refractivity contribution >= 4 is 40.5 Å². The normalized spacial score (nSPS) is 12.2. The summed E-state index contributed by atoms with van der Waals surface area (Å²) < 4.78 is 5.22. The summed E-state index contributed by atoms with van der Waals surface area (Å²) in [5.41, 5.74) is 1.06. The molecule has 0 aliphatic carbocycles. The number of ketones is 2. The number of ether oxygens (including phenoxy) is 1. The number of anilines is 1. The van der Waals surface area contributed by atoms with Crippen LogP contribution in [0.4, 0.5) is 5.69 Å². The molecule has 6 nitrogen and oxygen atoms in total. The zero-order chi connectivity index (χ0) is 23.3. The van der Waals surface area contributed by atoms with E-state index in [4.69, 9.17) is 4.74 Å². The highest BCUT2D eigenvalue weighted by Gasteiger charge is 2.23. The second-order valence-corrected chi connectivity index (χ2v) is 9.99. The second-order valence-electron chi connectivity index (χ2n) is 8.53. The van der Waals surface area contributed by atoms with Gasteiger partial charge in [-0.15, -0.1) is 11.3 Å². The number of benzene rings is 1. The van der Waals surface area contributed by atoms with Crippen LogP contribution in [0.3, 0.4) is 0 Å². The van der Waals surface area contributed by atoms with E-state index < -0.39 is 17.5 Å². The minimum absolute atomic E-state index is 0.0406. The summed E-state index contributed by atoms with van der Waals surface area (Å²) in [7, 11) is 0. The Morgan fingerprint density at radius 3 is 2.16 bits per heavy atom. The molecular formula is C24H29NO5S. The standard InChI is InChI=1S/C24H29NO5S/c1-14-13-19(16(3)31-14)20(26)11-12-21(27)30-15(2)22(28)17-7-9-18(10-8-17)25-23(29)24(4,5)6/h7-10,13,15H,11-12H2,1-6H3,(H,25,29). The number of rotatable bonds is 8. The number of hydrogen-bond acceptors (Lipinski definition) is 6. The largest absolute Gasteiger partial charge is 0.454 e. The van der Waals surface area contributed by atoms with Crippen LogP contribution in [-0.2, 0) is 14.3 Å². The van der Waals surface area contributed by atoms with Gasteiger partial charge in [-0.2, -0.15) is 0 Å². The van der Waals surface area contributed by atoms with E-state index in [0.717, 1.165) is 9.75 Å². The Morgan fingerprint density at radius 2 is 1.65 bits per heavy atom. The maximum absolute atomic E-state index is 12.5. The Hall–Kier alpha value is -2.80. The monoisotopic (exact) mass is 443 g/mol. The lowest BCUT2D eigenvalue weighted by Crippen LogP contribution is -2.27. The molecule has 1 aromatic carbocycles. The quantitative estimate of drug-likeness (QED) is 0.451. The molecule has 0 spiro atoms. The van der Waals surface area contributed by atoms with Gasteiger partial charge in [0.2, 0.25) is 11.7 Å².